The fourth-order valence-electron chi connectivity index (χ4n) is 3.10. The van der Waals surface area contributed by atoms with Gasteiger partial charge in [-0.3, -0.25) is 0 Å². The topological polar surface area (TPSA) is 15.3 Å². The normalized spacial score (nSPS) is 20.2. The van der Waals surface area contributed by atoms with Crippen molar-refractivity contribution in [1.82, 2.24) is 10.2 Å². The molecule has 0 aromatic carbocycles. The Bertz CT molecular complexity index is 186. The van der Waals surface area contributed by atoms with Crippen LogP contribution >= 0.6 is 0 Å². The molecular weight excluding hydrogens is 220 g/mol. The molecule has 0 aromatic heterocycles. The summed E-state index contributed by atoms with van der Waals surface area (Å²) in [4.78, 5) is 2.71. The number of nitrogens with one attached hydrogen (secondary N) is 1. The van der Waals surface area contributed by atoms with Gasteiger partial charge >= 0.3 is 0 Å². The maximum atomic E-state index is 3.50. The van der Waals surface area contributed by atoms with Gasteiger partial charge in [-0.25, -0.2) is 0 Å². The summed E-state index contributed by atoms with van der Waals surface area (Å²) >= 11 is 0. The molecular formula is C16H34N2. The molecule has 1 aliphatic rings. The predicted molar refractivity (Wildman–Crippen MR) is 81.1 cm³/mol. The Kier molecular flexibility index (Phi) is 8.70. The molecule has 2 nitrogen and oxygen atoms in total. The van der Waals surface area contributed by atoms with E-state index in [0.717, 1.165) is 12.0 Å². The summed E-state index contributed by atoms with van der Waals surface area (Å²) < 4.78 is 0. The van der Waals surface area contributed by atoms with E-state index < -0.39 is 0 Å². The van der Waals surface area contributed by atoms with Crippen molar-refractivity contribution in [3.8, 4) is 0 Å². The zero-order valence-electron chi connectivity index (χ0n) is 12.9. The maximum Gasteiger partial charge on any atom is 0.00674 e. The largest absolute Gasteiger partial charge is 0.317 e. The standard InChI is InChI=1S/C16H34N2/c1-4-7-16-9-13-18(14-10-16)15(3)8-6-12-17-11-5-2/h15-17H,4-14H2,1-3H3. The average molecular weight is 254 g/mol. The van der Waals surface area contributed by atoms with Crippen LogP contribution < -0.4 is 5.32 Å². The van der Waals surface area contributed by atoms with E-state index >= 15 is 0 Å². The van der Waals surface area contributed by atoms with E-state index in [9.17, 15) is 0 Å². The SMILES string of the molecule is CCCNCCCC(C)N1CCC(CCC)CC1. The van der Waals surface area contributed by atoms with Crippen LogP contribution in [-0.4, -0.2) is 37.1 Å². The highest BCUT2D eigenvalue weighted by Crippen LogP contribution is 2.23. The summed E-state index contributed by atoms with van der Waals surface area (Å²) in [5.41, 5.74) is 0. The van der Waals surface area contributed by atoms with Crippen LogP contribution in [0.15, 0.2) is 0 Å². The van der Waals surface area contributed by atoms with Gasteiger partial charge < -0.3 is 10.2 Å². The highest BCUT2D eigenvalue weighted by atomic mass is 15.2. The van der Waals surface area contributed by atoms with Gasteiger partial charge in [0.05, 0.1) is 0 Å². The van der Waals surface area contributed by atoms with Gasteiger partial charge in [-0.05, 0) is 71.1 Å². The lowest BCUT2D eigenvalue weighted by Gasteiger charge is -2.36. The van der Waals surface area contributed by atoms with E-state index in [1.54, 1.807) is 0 Å². The Balaban J connectivity index is 2.06. The van der Waals surface area contributed by atoms with Crippen molar-refractivity contribution in [3.63, 3.8) is 0 Å². The van der Waals surface area contributed by atoms with Crippen molar-refractivity contribution in [2.75, 3.05) is 26.2 Å². The molecule has 1 fully saturated rings. The van der Waals surface area contributed by atoms with Crippen LogP contribution in [0.25, 0.3) is 0 Å². The van der Waals surface area contributed by atoms with Gasteiger partial charge in [0.25, 0.3) is 0 Å². The van der Waals surface area contributed by atoms with E-state index in [0.29, 0.717) is 0 Å². The van der Waals surface area contributed by atoms with E-state index in [4.69, 9.17) is 0 Å². The van der Waals surface area contributed by atoms with Crippen molar-refractivity contribution in [3.05, 3.63) is 0 Å². The molecule has 0 bridgehead atoms. The summed E-state index contributed by atoms with van der Waals surface area (Å²) in [6, 6.07) is 0.788. The molecule has 2 heteroatoms. The van der Waals surface area contributed by atoms with E-state index in [1.807, 2.05) is 0 Å². The van der Waals surface area contributed by atoms with E-state index in [2.05, 4.69) is 31.0 Å². The summed E-state index contributed by atoms with van der Waals surface area (Å²) in [6.07, 6.45) is 9.62. The molecule has 1 saturated heterocycles. The van der Waals surface area contributed by atoms with Crippen molar-refractivity contribution in [1.29, 1.82) is 0 Å². The Labute approximate surface area is 115 Å². The number of piperidine rings is 1. The monoisotopic (exact) mass is 254 g/mol. The highest BCUT2D eigenvalue weighted by molar-refractivity contribution is 4.76. The maximum absolute atomic E-state index is 3.50. The first kappa shape index (κ1) is 16.0. The fraction of sp³-hybridized carbons (Fsp3) is 1.00. The molecule has 0 saturated carbocycles. The molecule has 1 atom stereocenters. The van der Waals surface area contributed by atoms with Crippen molar-refractivity contribution in [2.45, 2.75) is 71.8 Å². The summed E-state index contributed by atoms with van der Waals surface area (Å²) in [5, 5.41) is 3.50. The van der Waals surface area contributed by atoms with Gasteiger partial charge in [0.1, 0.15) is 0 Å². The second kappa shape index (κ2) is 9.80. The van der Waals surface area contributed by atoms with Crippen LogP contribution in [0.3, 0.4) is 0 Å². The molecule has 0 radical (unpaired) electrons. The first-order valence-corrected chi connectivity index (χ1v) is 8.22. The number of nitrogens with zero attached hydrogens (tertiary/aromatic N) is 1. The second-order valence-electron chi connectivity index (χ2n) is 6.01. The summed E-state index contributed by atoms with van der Waals surface area (Å²) in [6.45, 7) is 12.0. The summed E-state index contributed by atoms with van der Waals surface area (Å²) in [7, 11) is 0. The lowest BCUT2D eigenvalue weighted by molar-refractivity contribution is 0.130. The minimum Gasteiger partial charge on any atom is -0.317 e. The van der Waals surface area contributed by atoms with Crippen molar-refractivity contribution < 1.29 is 0 Å². The second-order valence-corrected chi connectivity index (χ2v) is 6.01. The molecule has 1 unspecified atom stereocenters. The first-order chi connectivity index (χ1) is 8.77. The van der Waals surface area contributed by atoms with Gasteiger partial charge in [-0.15, -0.1) is 0 Å². The van der Waals surface area contributed by atoms with E-state index in [-0.39, 0.29) is 0 Å². The van der Waals surface area contributed by atoms with Gasteiger partial charge in [0.15, 0.2) is 0 Å². The molecule has 1 aliphatic heterocycles. The minimum absolute atomic E-state index is 0.788. The number of likely N-dealkylation sites (tertiary alicyclic amines) is 1. The highest BCUT2D eigenvalue weighted by Gasteiger charge is 2.21. The Morgan fingerprint density at radius 3 is 2.44 bits per heavy atom. The van der Waals surface area contributed by atoms with Crippen LogP contribution in [0.5, 0.6) is 0 Å². The Hall–Kier alpha value is -0.0800. The molecule has 0 amide bonds. The number of hydrogen-bond acceptors (Lipinski definition) is 2. The van der Waals surface area contributed by atoms with Crippen LogP contribution in [0.2, 0.25) is 0 Å². The molecule has 108 valence electrons. The minimum atomic E-state index is 0.788. The molecule has 0 aliphatic carbocycles. The van der Waals surface area contributed by atoms with Crippen molar-refractivity contribution >= 4 is 0 Å². The van der Waals surface area contributed by atoms with Gasteiger partial charge in [0.2, 0.25) is 0 Å². The Morgan fingerprint density at radius 2 is 1.83 bits per heavy atom. The fourth-order valence-corrected chi connectivity index (χ4v) is 3.10. The Morgan fingerprint density at radius 1 is 1.11 bits per heavy atom. The van der Waals surface area contributed by atoms with E-state index in [1.165, 1.54) is 71.1 Å². The van der Waals surface area contributed by atoms with Crippen LogP contribution in [0.1, 0.15) is 65.7 Å². The van der Waals surface area contributed by atoms with Crippen LogP contribution in [0.4, 0.5) is 0 Å². The zero-order chi connectivity index (χ0) is 13.2. The van der Waals surface area contributed by atoms with Gasteiger partial charge in [-0.1, -0.05) is 26.7 Å². The smallest absolute Gasteiger partial charge is 0.00674 e. The third kappa shape index (κ3) is 6.19. The quantitative estimate of drug-likeness (QED) is 0.632. The average Bonchev–Trinajstić information content (AvgIpc) is 2.39. The molecule has 1 heterocycles. The van der Waals surface area contributed by atoms with Gasteiger partial charge in [-0.2, -0.15) is 0 Å². The van der Waals surface area contributed by atoms with Crippen LogP contribution in [0, 0.1) is 5.92 Å². The van der Waals surface area contributed by atoms with Crippen molar-refractivity contribution in [2.24, 2.45) is 5.92 Å². The van der Waals surface area contributed by atoms with Gasteiger partial charge in [0, 0.05) is 6.04 Å². The third-order valence-electron chi connectivity index (χ3n) is 4.37. The molecule has 18 heavy (non-hydrogen) atoms. The predicted octanol–water partition coefficient (Wildman–Crippen LogP) is 3.67. The number of rotatable bonds is 9. The zero-order valence-corrected chi connectivity index (χ0v) is 12.9. The van der Waals surface area contributed by atoms with Crippen LogP contribution in [-0.2, 0) is 0 Å². The lowest BCUT2D eigenvalue weighted by atomic mass is 9.91. The number of hydrogen-bond donors (Lipinski definition) is 1. The lowest BCUT2D eigenvalue weighted by Crippen LogP contribution is -2.40. The molecule has 0 aromatic rings. The molecule has 1 rings (SSSR count). The third-order valence-corrected chi connectivity index (χ3v) is 4.37. The summed E-state index contributed by atoms with van der Waals surface area (Å²) in [5.74, 6) is 1.02. The molecule has 1 N–H and O–H groups in total. The molecule has 0 spiro atoms. The first-order valence-electron chi connectivity index (χ1n) is 8.22.